The van der Waals surface area contributed by atoms with Crippen LogP contribution in [0, 0.1) is 10.1 Å². The van der Waals surface area contributed by atoms with Gasteiger partial charge in [-0.1, -0.05) is 29.8 Å². The Morgan fingerprint density at radius 1 is 1.28 bits per heavy atom. The van der Waals surface area contributed by atoms with Crippen LogP contribution in [0.15, 0.2) is 36.4 Å². The van der Waals surface area contributed by atoms with E-state index in [1.165, 1.54) is 19.2 Å². The smallest absolute Gasteiger partial charge is 0.286 e. The van der Waals surface area contributed by atoms with E-state index in [-0.39, 0.29) is 35.3 Å². The zero-order valence-electron chi connectivity index (χ0n) is 18.0. The normalized spacial score (nSPS) is 15.1. The maximum Gasteiger partial charge on any atom is 0.286 e. The average Bonchev–Trinajstić information content (AvgIpc) is 2.80. The summed E-state index contributed by atoms with van der Waals surface area (Å²) in [5.74, 6) is -0.123. The molecule has 0 radical (unpaired) electrons. The van der Waals surface area contributed by atoms with Crippen molar-refractivity contribution in [2.45, 2.75) is 13.0 Å². The molecule has 1 heterocycles. The van der Waals surface area contributed by atoms with Gasteiger partial charge in [0.25, 0.3) is 11.6 Å². The number of morpholine rings is 1. The van der Waals surface area contributed by atoms with Gasteiger partial charge in [0.05, 0.1) is 44.0 Å². The zero-order chi connectivity index (χ0) is 23.1. The predicted molar refractivity (Wildman–Crippen MR) is 120 cm³/mol. The lowest BCUT2D eigenvalue weighted by Crippen LogP contribution is -2.44. The van der Waals surface area contributed by atoms with Crippen molar-refractivity contribution < 1.29 is 23.9 Å². The quantitative estimate of drug-likeness (QED) is 0.448. The first-order chi connectivity index (χ1) is 15.5. The maximum absolute atomic E-state index is 13.0. The Morgan fingerprint density at radius 2 is 2.00 bits per heavy atom. The van der Waals surface area contributed by atoms with E-state index in [1.807, 2.05) is 18.2 Å². The lowest BCUT2D eigenvalue weighted by Gasteiger charge is -2.35. The first-order valence-corrected chi connectivity index (χ1v) is 10.7. The summed E-state index contributed by atoms with van der Waals surface area (Å²) in [7, 11) is 1.41. The van der Waals surface area contributed by atoms with Gasteiger partial charge < -0.3 is 19.5 Å². The van der Waals surface area contributed by atoms with Gasteiger partial charge in [0.15, 0.2) is 11.5 Å². The molecule has 1 atom stereocenters. The summed E-state index contributed by atoms with van der Waals surface area (Å²) in [6.45, 7) is 4.80. The number of hydrogen-bond acceptors (Lipinski definition) is 7. The Hall–Kier alpha value is -2.88. The number of carbonyl (C=O) groups is 1. The van der Waals surface area contributed by atoms with Gasteiger partial charge in [-0.05, 0) is 18.6 Å². The van der Waals surface area contributed by atoms with Gasteiger partial charge in [0.1, 0.15) is 5.56 Å². The SMILES string of the molecule is CCOc1cc([N+](=O)[O-])c(C(=O)NCC(c2ccccc2Cl)N2CCOCC2)cc1OC. The molecule has 1 N–H and O–H groups in total. The van der Waals surface area contributed by atoms with E-state index in [2.05, 4.69) is 10.2 Å². The number of ether oxygens (including phenoxy) is 3. The van der Waals surface area contributed by atoms with Gasteiger partial charge in [-0.15, -0.1) is 0 Å². The highest BCUT2D eigenvalue weighted by atomic mass is 35.5. The molecule has 0 spiro atoms. The first-order valence-electron chi connectivity index (χ1n) is 10.3. The highest BCUT2D eigenvalue weighted by Gasteiger charge is 2.28. The van der Waals surface area contributed by atoms with Crippen LogP contribution in [0.1, 0.15) is 28.9 Å². The molecular formula is C22H26ClN3O6. The highest BCUT2D eigenvalue weighted by Crippen LogP contribution is 2.35. The zero-order valence-corrected chi connectivity index (χ0v) is 18.8. The largest absolute Gasteiger partial charge is 0.493 e. The van der Waals surface area contributed by atoms with E-state index in [9.17, 15) is 14.9 Å². The number of carbonyl (C=O) groups excluding carboxylic acids is 1. The highest BCUT2D eigenvalue weighted by molar-refractivity contribution is 6.31. The van der Waals surface area contributed by atoms with Crippen LogP contribution in [0.5, 0.6) is 11.5 Å². The number of benzene rings is 2. The number of nitro groups is 1. The minimum absolute atomic E-state index is 0.102. The third-order valence-corrected chi connectivity index (χ3v) is 5.57. The molecule has 1 unspecified atom stereocenters. The molecule has 172 valence electrons. The van der Waals surface area contributed by atoms with Crippen LogP contribution in [0.4, 0.5) is 5.69 Å². The number of nitrogens with one attached hydrogen (secondary N) is 1. The van der Waals surface area contributed by atoms with Crippen LogP contribution < -0.4 is 14.8 Å². The van der Waals surface area contributed by atoms with Crippen molar-refractivity contribution in [1.29, 1.82) is 0 Å². The molecule has 0 aliphatic carbocycles. The summed E-state index contributed by atoms with van der Waals surface area (Å²) in [6, 6.07) is 9.78. The van der Waals surface area contributed by atoms with Crippen LogP contribution in [-0.2, 0) is 4.74 Å². The van der Waals surface area contributed by atoms with Crippen molar-refractivity contribution in [1.82, 2.24) is 10.2 Å². The van der Waals surface area contributed by atoms with E-state index >= 15 is 0 Å². The molecule has 32 heavy (non-hydrogen) atoms. The number of rotatable bonds is 9. The summed E-state index contributed by atoms with van der Waals surface area (Å²) in [4.78, 5) is 26.2. The average molecular weight is 464 g/mol. The molecule has 1 aliphatic rings. The summed E-state index contributed by atoms with van der Waals surface area (Å²) in [5, 5.41) is 15.1. The third kappa shape index (κ3) is 5.48. The Morgan fingerprint density at radius 3 is 2.62 bits per heavy atom. The van der Waals surface area contributed by atoms with E-state index in [0.717, 1.165) is 5.56 Å². The maximum atomic E-state index is 13.0. The lowest BCUT2D eigenvalue weighted by atomic mass is 10.0. The Kier molecular flexibility index (Phi) is 8.26. The molecule has 1 fully saturated rings. The molecule has 10 heteroatoms. The minimum atomic E-state index is -0.607. The molecule has 2 aromatic rings. The van der Waals surface area contributed by atoms with Crippen molar-refractivity contribution in [3.63, 3.8) is 0 Å². The predicted octanol–water partition coefficient (Wildman–Crippen LogP) is 3.46. The Balaban J connectivity index is 1.87. The van der Waals surface area contributed by atoms with Crippen LogP contribution in [-0.4, -0.2) is 62.3 Å². The van der Waals surface area contributed by atoms with Gasteiger partial charge in [-0.3, -0.25) is 19.8 Å². The van der Waals surface area contributed by atoms with Crippen molar-refractivity contribution in [3.05, 3.63) is 62.7 Å². The summed E-state index contributed by atoms with van der Waals surface area (Å²) >= 11 is 6.43. The molecular weight excluding hydrogens is 438 g/mol. The van der Waals surface area contributed by atoms with Crippen LogP contribution in [0.3, 0.4) is 0 Å². The molecule has 9 nitrogen and oxygen atoms in total. The van der Waals surface area contributed by atoms with Crippen molar-refractivity contribution >= 4 is 23.2 Å². The molecule has 1 amide bonds. The monoisotopic (exact) mass is 463 g/mol. The van der Waals surface area contributed by atoms with Gasteiger partial charge in [-0.2, -0.15) is 0 Å². The van der Waals surface area contributed by atoms with Crippen molar-refractivity contribution in [2.75, 3.05) is 46.6 Å². The van der Waals surface area contributed by atoms with Crippen molar-refractivity contribution in [2.24, 2.45) is 0 Å². The van der Waals surface area contributed by atoms with Crippen LogP contribution in [0.2, 0.25) is 5.02 Å². The second-order valence-corrected chi connectivity index (χ2v) is 7.51. The van der Waals surface area contributed by atoms with Gasteiger partial charge in [-0.25, -0.2) is 0 Å². The Bertz CT molecular complexity index is 965. The fourth-order valence-corrected chi connectivity index (χ4v) is 3.93. The number of hydrogen-bond donors (Lipinski definition) is 1. The Labute approximate surface area is 191 Å². The molecule has 0 saturated carbocycles. The van der Waals surface area contributed by atoms with Crippen LogP contribution in [0.25, 0.3) is 0 Å². The fraction of sp³-hybridized carbons (Fsp3) is 0.409. The second-order valence-electron chi connectivity index (χ2n) is 7.11. The fourth-order valence-electron chi connectivity index (χ4n) is 3.66. The third-order valence-electron chi connectivity index (χ3n) is 5.23. The topological polar surface area (TPSA) is 103 Å². The number of nitro benzene ring substituents is 1. The van der Waals surface area contributed by atoms with E-state index in [0.29, 0.717) is 37.9 Å². The molecule has 1 aliphatic heterocycles. The molecule has 0 bridgehead atoms. The van der Waals surface area contributed by atoms with E-state index in [1.54, 1.807) is 13.0 Å². The number of methoxy groups -OCH3 is 1. The number of halogens is 1. The minimum Gasteiger partial charge on any atom is -0.493 e. The van der Waals surface area contributed by atoms with Crippen molar-refractivity contribution in [3.8, 4) is 11.5 Å². The summed E-state index contributed by atoms with van der Waals surface area (Å²) in [5.41, 5.74) is 0.415. The van der Waals surface area contributed by atoms with Gasteiger partial charge >= 0.3 is 0 Å². The van der Waals surface area contributed by atoms with Gasteiger partial charge in [0.2, 0.25) is 0 Å². The molecule has 2 aromatic carbocycles. The summed E-state index contributed by atoms with van der Waals surface area (Å²) < 4.78 is 16.1. The first kappa shape index (κ1) is 23.8. The molecule has 0 aromatic heterocycles. The van der Waals surface area contributed by atoms with E-state index < -0.39 is 10.8 Å². The standard InChI is InChI=1S/C22H26ClN3O6/c1-3-32-21-13-18(26(28)29)16(12-20(21)30-2)22(27)24-14-19(25-8-10-31-11-9-25)15-6-4-5-7-17(15)23/h4-7,12-13,19H,3,8-11,14H2,1-2H3,(H,24,27). The summed E-state index contributed by atoms with van der Waals surface area (Å²) in [6.07, 6.45) is 0. The lowest BCUT2D eigenvalue weighted by molar-refractivity contribution is -0.385. The van der Waals surface area contributed by atoms with E-state index in [4.69, 9.17) is 25.8 Å². The molecule has 3 rings (SSSR count). The second kappa shape index (κ2) is 11.1. The van der Waals surface area contributed by atoms with Gasteiger partial charge in [0, 0.05) is 30.7 Å². The number of nitrogens with zero attached hydrogens (tertiary/aromatic N) is 2. The molecule has 1 saturated heterocycles. The van der Waals surface area contributed by atoms with Crippen LogP contribution >= 0.6 is 11.6 Å². The number of amides is 1.